The van der Waals surface area contributed by atoms with Gasteiger partial charge in [-0.05, 0) is 65.3 Å². The van der Waals surface area contributed by atoms with Gasteiger partial charge >= 0.3 is 0 Å². The van der Waals surface area contributed by atoms with Crippen LogP contribution in [0, 0.1) is 0 Å². The van der Waals surface area contributed by atoms with Crippen molar-refractivity contribution >= 4 is 0 Å². The lowest BCUT2D eigenvalue weighted by atomic mass is 9.69. The summed E-state index contributed by atoms with van der Waals surface area (Å²) in [4.78, 5) is 0. The summed E-state index contributed by atoms with van der Waals surface area (Å²) in [6.07, 6.45) is 7.38. The number of nitrogens with one attached hydrogen (secondary N) is 1. The third-order valence-corrected chi connectivity index (χ3v) is 6.52. The Balaban J connectivity index is 0.000000321. The van der Waals surface area contributed by atoms with E-state index in [1.54, 1.807) is 5.06 Å². The summed E-state index contributed by atoms with van der Waals surface area (Å²) >= 11 is 0. The molecule has 1 unspecified atom stereocenters. The van der Waals surface area contributed by atoms with Crippen molar-refractivity contribution < 1.29 is 19.4 Å². The van der Waals surface area contributed by atoms with Crippen molar-refractivity contribution in [3.05, 3.63) is 0 Å². The van der Waals surface area contributed by atoms with E-state index in [2.05, 4.69) is 26.1 Å². The van der Waals surface area contributed by atoms with Gasteiger partial charge in [-0.2, -0.15) is 5.06 Å². The van der Waals surface area contributed by atoms with Crippen LogP contribution in [0.5, 0.6) is 0 Å². The predicted octanol–water partition coefficient (Wildman–Crippen LogP) is 3.37. The third-order valence-electron chi connectivity index (χ3n) is 6.52. The monoisotopic (exact) mass is 386 g/mol. The molecule has 3 aliphatic rings. The van der Waals surface area contributed by atoms with Crippen molar-refractivity contribution in [3.8, 4) is 0 Å². The molecule has 6 heteroatoms. The minimum absolute atomic E-state index is 0.0966. The first-order valence-electron chi connectivity index (χ1n) is 11.0. The molecule has 27 heavy (non-hydrogen) atoms. The quantitative estimate of drug-likeness (QED) is 0.755. The maximum atomic E-state index is 11.0. The number of rotatable bonds is 5. The lowest BCUT2D eigenvalue weighted by Gasteiger charge is -2.59. The molecule has 0 aromatic carbocycles. The molecule has 1 atom stereocenters. The van der Waals surface area contributed by atoms with Crippen LogP contribution in [0.15, 0.2) is 0 Å². The van der Waals surface area contributed by atoms with E-state index in [0.717, 1.165) is 84.5 Å². The van der Waals surface area contributed by atoms with Gasteiger partial charge in [0.25, 0.3) is 0 Å². The number of nitrogens with zero attached hydrogens (tertiary/aromatic N) is 1. The number of ether oxygens (including phenoxy) is 3. The molecule has 0 saturated carbocycles. The van der Waals surface area contributed by atoms with E-state index in [0.29, 0.717) is 12.1 Å². The van der Waals surface area contributed by atoms with Gasteiger partial charge in [0.15, 0.2) is 0 Å². The average Bonchev–Trinajstić information content (AvgIpc) is 2.69. The van der Waals surface area contributed by atoms with E-state index in [-0.39, 0.29) is 11.1 Å². The standard InChI is InChI=1S/C15H28N2O3.C6H14O/c1-2-16-13-11-14(3-7-19-8-4-14)17(18)15(12-13)5-9-20-10-6-15;1-4-6(3)7-5-2/h13,16,18H,2-12H2,1H3;6H,4-5H2,1-3H3. The van der Waals surface area contributed by atoms with Gasteiger partial charge in [0.1, 0.15) is 0 Å². The summed E-state index contributed by atoms with van der Waals surface area (Å²) in [5.41, 5.74) is -0.193. The molecule has 3 fully saturated rings. The molecule has 0 aliphatic carbocycles. The van der Waals surface area contributed by atoms with Crippen LogP contribution in [0.1, 0.15) is 72.6 Å². The van der Waals surface area contributed by atoms with Crippen LogP contribution in [-0.2, 0) is 14.2 Å². The molecular formula is C21H42N2O4. The Kier molecular flexibility index (Phi) is 9.45. The normalized spacial score (nSPS) is 28.6. The fraction of sp³-hybridized carbons (Fsp3) is 1.00. The Labute approximate surface area is 165 Å². The highest BCUT2D eigenvalue weighted by atomic mass is 16.5. The van der Waals surface area contributed by atoms with Gasteiger partial charge in [0, 0.05) is 39.1 Å². The van der Waals surface area contributed by atoms with Gasteiger partial charge < -0.3 is 24.7 Å². The number of hydrogen-bond acceptors (Lipinski definition) is 6. The maximum Gasteiger partial charge on any atom is 0.0544 e. The zero-order chi connectivity index (χ0) is 19.8. The molecule has 160 valence electrons. The van der Waals surface area contributed by atoms with Gasteiger partial charge in [-0.1, -0.05) is 13.8 Å². The van der Waals surface area contributed by atoms with Crippen molar-refractivity contribution in [3.63, 3.8) is 0 Å². The highest BCUT2D eigenvalue weighted by Crippen LogP contribution is 2.46. The average molecular weight is 387 g/mol. The zero-order valence-electron chi connectivity index (χ0n) is 18.0. The molecule has 0 amide bonds. The molecule has 3 heterocycles. The van der Waals surface area contributed by atoms with Crippen LogP contribution in [-0.4, -0.2) is 73.1 Å². The predicted molar refractivity (Wildman–Crippen MR) is 107 cm³/mol. The van der Waals surface area contributed by atoms with E-state index in [4.69, 9.17) is 14.2 Å². The summed E-state index contributed by atoms with van der Waals surface area (Å²) in [5, 5.41) is 16.4. The molecule has 3 rings (SSSR count). The van der Waals surface area contributed by atoms with E-state index < -0.39 is 0 Å². The van der Waals surface area contributed by atoms with Crippen LogP contribution in [0.4, 0.5) is 0 Å². The van der Waals surface area contributed by atoms with Crippen molar-refractivity contribution in [2.24, 2.45) is 0 Å². The van der Waals surface area contributed by atoms with Crippen molar-refractivity contribution in [1.29, 1.82) is 0 Å². The Hall–Kier alpha value is -0.240. The van der Waals surface area contributed by atoms with Crippen LogP contribution >= 0.6 is 0 Å². The SMILES string of the molecule is CCNC1CC2(CCOCC2)N(O)C2(CCOCC2)C1.CCOC(C)CC. The van der Waals surface area contributed by atoms with Crippen molar-refractivity contribution in [2.45, 2.75) is 95.9 Å². The molecule has 6 nitrogen and oxygen atoms in total. The Morgan fingerprint density at radius 1 is 1.00 bits per heavy atom. The van der Waals surface area contributed by atoms with E-state index in [1.165, 1.54) is 0 Å². The molecule has 2 N–H and O–H groups in total. The van der Waals surface area contributed by atoms with Crippen LogP contribution in [0.2, 0.25) is 0 Å². The first kappa shape index (κ1) is 23.0. The fourth-order valence-electron chi connectivity index (χ4n) is 4.84. The van der Waals surface area contributed by atoms with E-state index in [9.17, 15) is 5.21 Å². The van der Waals surface area contributed by atoms with Crippen molar-refractivity contribution in [1.82, 2.24) is 10.4 Å². The van der Waals surface area contributed by atoms with Crippen LogP contribution < -0.4 is 5.32 Å². The third kappa shape index (κ3) is 5.87. The minimum atomic E-state index is -0.0966. The number of piperidine rings is 1. The lowest BCUT2D eigenvalue weighted by Crippen LogP contribution is -2.69. The number of hydroxylamine groups is 2. The summed E-state index contributed by atoms with van der Waals surface area (Å²) in [6.45, 7) is 13.3. The first-order chi connectivity index (χ1) is 13.0. The second kappa shape index (κ2) is 11.1. The van der Waals surface area contributed by atoms with E-state index >= 15 is 0 Å². The Morgan fingerprint density at radius 3 is 1.81 bits per heavy atom. The van der Waals surface area contributed by atoms with Gasteiger partial charge in [-0.15, -0.1) is 0 Å². The first-order valence-corrected chi connectivity index (χ1v) is 11.0. The van der Waals surface area contributed by atoms with Gasteiger partial charge in [-0.25, -0.2) is 0 Å². The zero-order valence-corrected chi connectivity index (χ0v) is 18.0. The lowest BCUT2D eigenvalue weighted by molar-refractivity contribution is -0.295. The maximum absolute atomic E-state index is 11.0. The summed E-state index contributed by atoms with van der Waals surface area (Å²) < 4.78 is 16.3. The van der Waals surface area contributed by atoms with Crippen LogP contribution in [0.25, 0.3) is 0 Å². The second-order valence-electron chi connectivity index (χ2n) is 8.32. The van der Waals surface area contributed by atoms with Gasteiger partial charge in [0.2, 0.25) is 0 Å². The molecule has 0 radical (unpaired) electrons. The second-order valence-corrected chi connectivity index (χ2v) is 8.32. The largest absolute Gasteiger partial charge is 0.381 e. The van der Waals surface area contributed by atoms with Gasteiger partial charge in [-0.3, -0.25) is 0 Å². The van der Waals surface area contributed by atoms with Gasteiger partial charge in [0.05, 0.1) is 17.2 Å². The van der Waals surface area contributed by atoms with Crippen molar-refractivity contribution in [2.75, 3.05) is 39.6 Å². The molecular weight excluding hydrogens is 344 g/mol. The summed E-state index contributed by atoms with van der Waals surface area (Å²) in [7, 11) is 0. The highest BCUT2D eigenvalue weighted by molar-refractivity contribution is 5.07. The molecule has 0 aromatic rings. The van der Waals surface area contributed by atoms with Crippen LogP contribution in [0.3, 0.4) is 0 Å². The fourth-order valence-corrected chi connectivity index (χ4v) is 4.84. The molecule has 2 spiro atoms. The Bertz CT molecular complexity index is 381. The number of hydrogen-bond donors (Lipinski definition) is 2. The summed E-state index contributed by atoms with van der Waals surface area (Å²) in [5.74, 6) is 0. The molecule has 0 aromatic heterocycles. The minimum Gasteiger partial charge on any atom is -0.381 e. The smallest absolute Gasteiger partial charge is 0.0544 e. The highest BCUT2D eigenvalue weighted by Gasteiger charge is 2.54. The Morgan fingerprint density at radius 2 is 1.48 bits per heavy atom. The van der Waals surface area contributed by atoms with E-state index in [1.807, 2.05) is 6.92 Å². The topological polar surface area (TPSA) is 63.2 Å². The molecule has 3 saturated heterocycles. The summed E-state index contributed by atoms with van der Waals surface area (Å²) in [6, 6.07) is 0.500. The molecule has 0 bridgehead atoms. The molecule has 3 aliphatic heterocycles.